The molecule has 1 aliphatic heterocycles. The van der Waals surface area contributed by atoms with Gasteiger partial charge in [-0.05, 0) is 30.7 Å². The molecular formula is C20H28N4O2S. The van der Waals surface area contributed by atoms with Crippen LogP contribution in [0.25, 0.3) is 11.4 Å². The summed E-state index contributed by atoms with van der Waals surface area (Å²) in [5, 5.41) is 11.2. The second-order valence-corrected chi connectivity index (χ2v) is 8.50. The van der Waals surface area contributed by atoms with Crippen LogP contribution in [0.2, 0.25) is 0 Å². The van der Waals surface area contributed by atoms with E-state index in [9.17, 15) is 4.79 Å². The fourth-order valence-corrected chi connectivity index (χ4v) is 4.88. The van der Waals surface area contributed by atoms with Crippen molar-refractivity contribution in [3.8, 4) is 11.4 Å². The van der Waals surface area contributed by atoms with E-state index in [0.29, 0.717) is 24.6 Å². The lowest BCUT2D eigenvalue weighted by Gasteiger charge is -2.26. The molecule has 2 aromatic heterocycles. The van der Waals surface area contributed by atoms with Crippen molar-refractivity contribution in [1.29, 1.82) is 0 Å². The lowest BCUT2D eigenvalue weighted by Crippen LogP contribution is -2.39. The van der Waals surface area contributed by atoms with Gasteiger partial charge in [-0.2, -0.15) is 16.3 Å². The van der Waals surface area contributed by atoms with Crippen LogP contribution in [0, 0.1) is 0 Å². The molecule has 0 radical (unpaired) electrons. The number of aromatic nitrogens is 2. The topological polar surface area (TPSA) is 71.3 Å². The molecule has 27 heavy (non-hydrogen) atoms. The van der Waals surface area contributed by atoms with Crippen molar-refractivity contribution in [2.75, 3.05) is 13.1 Å². The number of likely N-dealkylation sites (tertiary alicyclic amines) is 1. The van der Waals surface area contributed by atoms with Gasteiger partial charge in [-0.1, -0.05) is 30.8 Å². The van der Waals surface area contributed by atoms with Crippen molar-refractivity contribution >= 4 is 17.2 Å². The van der Waals surface area contributed by atoms with E-state index in [1.54, 1.807) is 11.3 Å². The third-order valence-electron chi connectivity index (χ3n) is 5.74. The molecule has 2 fully saturated rings. The Morgan fingerprint density at radius 1 is 1.26 bits per heavy atom. The van der Waals surface area contributed by atoms with Crippen LogP contribution in [0.15, 0.2) is 21.3 Å². The molecule has 0 spiro atoms. The minimum atomic E-state index is 0.0815. The zero-order valence-electron chi connectivity index (χ0n) is 15.7. The Bertz CT molecular complexity index is 722. The summed E-state index contributed by atoms with van der Waals surface area (Å²) in [6.45, 7) is 2.11. The maximum absolute atomic E-state index is 12.3. The van der Waals surface area contributed by atoms with Crippen molar-refractivity contribution in [3.05, 3.63) is 22.7 Å². The Hall–Kier alpha value is -1.73. The van der Waals surface area contributed by atoms with Gasteiger partial charge in [0.1, 0.15) is 0 Å². The Morgan fingerprint density at radius 3 is 2.89 bits per heavy atom. The van der Waals surface area contributed by atoms with Gasteiger partial charge in [-0.3, -0.25) is 9.69 Å². The van der Waals surface area contributed by atoms with Crippen LogP contribution in [0.1, 0.15) is 57.3 Å². The molecule has 7 heteroatoms. The predicted molar refractivity (Wildman–Crippen MR) is 106 cm³/mol. The molecule has 1 saturated heterocycles. The molecule has 6 nitrogen and oxygen atoms in total. The maximum Gasteiger partial charge on any atom is 0.227 e. The SMILES string of the molecule is O=C(CCc1nc(-c2ccsc2)no1)NC1CCN(C2CCCCCC2)C1. The minimum absolute atomic E-state index is 0.0815. The summed E-state index contributed by atoms with van der Waals surface area (Å²) < 4.78 is 5.27. The molecule has 2 aromatic rings. The van der Waals surface area contributed by atoms with E-state index in [1.165, 1.54) is 38.5 Å². The summed E-state index contributed by atoms with van der Waals surface area (Å²) in [6, 6.07) is 2.97. The summed E-state index contributed by atoms with van der Waals surface area (Å²) in [5.74, 6) is 1.21. The highest BCUT2D eigenvalue weighted by atomic mass is 32.1. The van der Waals surface area contributed by atoms with E-state index in [4.69, 9.17) is 4.52 Å². The summed E-state index contributed by atoms with van der Waals surface area (Å²) in [6.07, 6.45) is 10.1. The molecule has 1 aliphatic carbocycles. The largest absolute Gasteiger partial charge is 0.352 e. The van der Waals surface area contributed by atoms with Crippen molar-refractivity contribution < 1.29 is 9.32 Å². The second-order valence-electron chi connectivity index (χ2n) is 7.72. The van der Waals surface area contributed by atoms with Gasteiger partial charge in [-0.25, -0.2) is 0 Å². The molecule has 1 amide bonds. The standard InChI is InChI=1S/C20H28N4O2S/c25-18(7-8-19-22-20(23-26-19)15-10-12-27-14-15)21-16-9-11-24(13-16)17-5-3-1-2-4-6-17/h10,12,14,16-17H,1-9,11,13H2,(H,21,25). The molecule has 0 aromatic carbocycles. The van der Waals surface area contributed by atoms with Gasteiger partial charge in [0.05, 0.1) is 0 Å². The first kappa shape index (κ1) is 18.6. The first-order chi connectivity index (χ1) is 13.3. The van der Waals surface area contributed by atoms with Gasteiger partial charge in [0.15, 0.2) is 0 Å². The molecule has 0 bridgehead atoms. The Balaban J connectivity index is 1.21. The smallest absolute Gasteiger partial charge is 0.227 e. The molecule has 4 rings (SSSR count). The lowest BCUT2D eigenvalue weighted by atomic mass is 10.1. The third kappa shape index (κ3) is 4.96. The van der Waals surface area contributed by atoms with E-state index in [0.717, 1.165) is 31.1 Å². The van der Waals surface area contributed by atoms with Crippen molar-refractivity contribution in [1.82, 2.24) is 20.4 Å². The Morgan fingerprint density at radius 2 is 2.11 bits per heavy atom. The van der Waals surface area contributed by atoms with Crippen LogP contribution in [-0.2, 0) is 11.2 Å². The van der Waals surface area contributed by atoms with E-state index in [-0.39, 0.29) is 11.9 Å². The predicted octanol–water partition coefficient (Wildman–Crippen LogP) is 3.64. The van der Waals surface area contributed by atoms with Gasteiger partial charge in [0.25, 0.3) is 0 Å². The summed E-state index contributed by atoms with van der Waals surface area (Å²) >= 11 is 1.60. The zero-order chi connectivity index (χ0) is 18.5. The highest BCUT2D eigenvalue weighted by Crippen LogP contribution is 2.25. The third-order valence-corrected chi connectivity index (χ3v) is 6.42. The highest BCUT2D eigenvalue weighted by Gasteiger charge is 2.29. The fraction of sp³-hybridized carbons (Fsp3) is 0.650. The van der Waals surface area contributed by atoms with E-state index < -0.39 is 0 Å². The summed E-state index contributed by atoms with van der Waals surface area (Å²) in [4.78, 5) is 19.3. The van der Waals surface area contributed by atoms with Crippen molar-refractivity contribution in [3.63, 3.8) is 0 Å². The number of aryl methyl sites for hydroxylation is 1. The number of nitrogens with zero attached hydrogens (tertiary/aromatic N) is 3. The van der Waals surface area contributed by atoms with Crippen LogP contribution in [-0.4, -0.2) is 46.1 Å². The highest BCUT2D eigenvalue weighted by molar-refractivity contribution is 7.08. The van der Waals surface area contributed by atoms with Crippen LogP contribution < -0.4 is 5.32 Å². The molecule has 146 valence electrons. The monoisotopic (exact) mass is 388 g/mol. The van der Waals surface area contributed by atoms with Gasteiger partial charge >= 0.3 is 0 Å². The first-order valence-corrected chi connectivity index (χ1v) is 11.1. The lowest BCUT2D eigenvalue weighted by molar-refractivity contribution is -0.121. The van der Waals surface area contributed by atoms with E-state index >= 15 is 0 Å². The Labute approximate surface area is 164 Å². The molecule has 1 unspecified atom stereocenters. The number of rotatable bonds is 6. The molecule has 2 aliphatic rings. The van der Waals surface area contributed by atoms with Crippen LogP contribution in [0.3, 0.4) is 0 Å². The maximum atomic E-state index is 12.3. The number of thiophene rings is 1. The molecular weight excluding hydrogens is 360 g/mol. The molecule has 1 N–H and O–H groups in total. The van der Waals surface area contributed by atoms with Crippen LogP contribution in [0.5, 0.6) is 0 Å². The number of carbonyl (C=O) groups is 1. The number of hydrogen-bond donors (Lipinski definition) is 1. The number of amides is 1. The van der Waals surface area contributed by atoms with Gasteiger partial charge < -0.3 is 9.84 Å². The Kier molecular flexibility index (Phi) is 6.19. The zero-order valence-corrected chi connectivity index (χ0v) is 16.5. The average Bonchev–Trinajstić information content (AvgIpc) is 3.40. The second kappa shape index (κ2) is 8.97. The fourth-order valence-electron chi connectivity index (χ4n) is 4.25. The number of hydrogen-bond acceptors (Lipinski definition) is 6. The van der Waals surface area contributed by atoms with E-state index in [1.807, 2.05) is 16.8 Å². The normalized spacial score (nSPS) is 22.0. The van der Waals surface area contributed by atoms with Gasteiger partial charge in [0.2, 0.25) is 17.6 Å². The molecule has 1 atom stereocenters. The molecule has 3 heterocycles. The van der Waals surface area contributed by atoms with E-state index in [2.05, 4.69) is 20.4 Å². The summed E-state index contributed by atoms with van der Waals surface area (Å²) in [7, 11) is 0. The van der Waals surface area contributed by atoms with Crippen molar-refractivity contribution in [2.24, 2.45) is 0 Å². The first-order valence-electron chi connectivity index (χ1n) is 10.2. The van der Waals surface area contributed by atoms with Crippen LogP contribution >= 0.6 is 11.3 Å². The van der Waals surface area contributed by atoms with Gasteiger partial charge in [0, 0.05) is 49.0 Å². The molecule has 1 saturated carbocycles. The van der Waals surface area contributed by atoms with Crippen LogP contribution in [0.4, 0.5) is 0 Å². The quantitative estimate of drug-likeness (QED) is 0.765. The number of nitrogens with one attached hydrogen (secondary N) is 1. The summed E-state index contributed by atoms with van der Waals surface area (Å²) in [5.41, 5.74) is 0.962. The number of carbonyl (C=O) groups excluding carboxylic acids is 1. The minimum Gasteiger partial charge on any atom is -0.352 e. The van der Waals surface area contributed by atoms with Crippen molar-refractivity contribution in [2.45, 2.75) is 69.9 Å². The average molecular weight is 389 g/mol. The van der Waals surface area contributed by atoms with Gasteiger partial charge in [-0.15, -0.1) is 0 Å².